The Balaban J connectivity index is 0. The van der Waals surface area contributed by atoms with Gasteiger partial charge in [-0.2, -0.15) is 0 Å². The number of nitro groups is 8. The lowest BCUT2D eigenvalue weighted by Crippen LogP contribution is -2.11. The Morgan fingerprint density at radius 1 is 0.296 bits per heavy atom. The van der Waals surface area contributed by atoms with E-state index in [1.54, 1.807) is 0 Å². The number of ketones is 4. The van der Waals surface area contributed by atoms with Crippen molar-refractivity contribution >= 4 is 68.6 Å². The summed E-state index contributed by atoms with van der Waals surface area (Å²) < 4.78 is 33.0. The zero-order valence-electron chi connectivity index (χ0n) is 67.7. The fourth-order valence-electron chi connectivity index (χ4n) is 10.3. The van der Waals surface area contributed by atoms with E-state index < -0.39 is 39.4 Å². The maximum atomic E-state index is 11.9. The molecule has 34 heteroatoms. The maximum Gasteiger partial charge on any atom is 0.279 e. The van der Waals surface area contributed by atoms with Crippen molar-refractivity contribution < 1.29 is 87.0 Å². The van der Waals surface area contributed by atoms with Crippen molar-refractivity contribution in [2.24, 2.45) is 22.2 Å². The molecular formula is C81H126N8O26. The number of benzene rings is 4. The number of hydrogen-bond donors (Lipinski definition) is 0. The lowest BCUT2D eigenvalue weighted by atomic mass is 9.93. The van der Waals surface area contributed by atoms with E-state index >= 15 is 0 Å². The normalized spacial score (nSPS) is 11.1. The monoisotopic (exact) mass is 1630 g/mol. The van der Waals surface area contributed by atoms with Gasteiger partial charge >= 0.3 is 0 Å². The van der Waals surface area contributed by atoms with Crippen molar-refractivity contribution in [2.75, 3.05) is 79.3 Å². The number of non-ortho nitro benzene ring substituents is 4. The van der Waals surface area contributed by atoms with Gasteiger partial charge in [-0.3, -0.25) is 100 Å². The molecular weight excluding hydrogens is 1500 g/mol. The zero-order valence-corrected chi connectivity index (χ0v) is 67.7. The van der Waals surface area contributed by atoms with Crippen LogP contribution in [0.15, 0.2) is 72.8 Å². The number of ether oxygens (including phenoxy) is 6. The molecule has 0 N–H and O–H groups in total. The predicted molar refractivity (Wildman–Crippen MR) is 438 cm³/mol. The molecule has 4 aromatic carbocycles. The van der Waals surface area contributed by atoms with Crippen LogP contribution in [0.3, 0.4) is 0 Å². The van der Waals surface area contributed by atoms with Crippen LogP contribution in [0, 0.1) is 103 Å². The topological polar surface area (TPSA) is 469 Å². The standard InChI is InChI=1S/C25H38N2O8.C23H34N2O8.C16H24N2O5.C15H22N2O5.2CH4/c1-25(2,3)13-17-35-15-7-5-9-22(28)19-23(29)12-16-34-14-6-4-8-20-10-11-21(26(30)31)18-24(20)27(32)33;1-18(2)11-15-33-14-5-8-22(27)17-21(26)7-4-13-32-12-3-6-19-9-10-20(24(28)29)16-23(19)25(30)31;1-16(2,3)9-11-23-10-5-4-6-13-7-8-14(17(19)20)12-15(13)18(21)22;1-15(2,3)8-10-22-9-4-5-12-6-7-13(16(18)19)11-14(12)17(20)21;;/h10-11,18H,4-9,12-17,19H2,1-3H3;9-10,16,18H,3-8,11-15,17H2,1-2H3;7-8,12H,4-6,9-11H2,1-3H3;6-7,11H,4-5,8-10H2,1-3H3;2*1H4. The van der Waals surface area contributed by atoms with Gasteiger partial charge in [-0.1, -0.05) is 91.0 Å². The van der Waals surface area contributed by atoms with Crippen molar-refractivity contribution in [3.63, 3.8) is 0 Å². The molecule has 646 valence electrons. The highest BCUT2D eigenvalue weighted by Gasteiger charge is 2.24. The summed E-state index contributed by atoms with van der Waals surface area (Å²) in [5, 5.41) is 87.2. The summed E-state index contributed by atoms with van der Waals surface area (Å²) in [5.41, 5.74) is 0.496. The van der Waals surface area contributed by atoms with E-state index in [0.29, 0.717) is 184 Å². The third-order valence-corrected chi connectivity index (χ3v) is 17.0. The fraction of sp³-hybridized carbons (Fsp3) is 0.654. The molecule has 0 bridgehead atoms. The van der Waals surface area contributed by atoms with Crippen molar-refractivity contribution in [1.29, 1.82) is 0 Å². The number of nitro benzene ring substituents is 8. The summed E-state index contributed by atoms with van der Waals surface area (Å²) in [4.78, 5) is 130. The third kappa shape index (κ3) is 53.3. The Bertz CT molecular complexity index is 3660. The SMILES string of the molecule is C.C.CC(C)(C)CCOCCCCC(=O)CC(=O)CCOCCCCc1ccc([N+](=O)[O-])cc1[N+](=O)[O-].CC(C)(C)CCOCCCCc1ccc([N+](=O)[O-])cc1[N+](=O)[O-].CC(C)(C)CCOCCCc1ccc([N+](=O)[O-])cc1[N+](=O)[O-].CC(C)CCOCCCC(=O)CC(=O)CCCOCCCc1ccc([N+](=O)[O-])cc1[N+](=O)[O-]. The van der Waals surface area contributed by atoms with Crippen LogP contribution in [-0.2, 0) is 73.3 Å². The van der Waals surface area contributed by atoms with Crippen molar-refractivity contribution in [3.8, 4) is 0 Å². The molecule has 0 saturated carbocycles. The number of nitrogens with zero attached hydrogens (tertiary/aromatic N) is 8. The highest BCUT2D eigenvalue weighted by Crippen LogP contribution is 2.31. The Morgan fingerprint density at radius 3 is 0.809 bits per heavy atom. The minimum absolute atomic E-state index is 0. The zero-order chi connectivity index (χ0) is 85.1. The van der Waals surface area contributed by atoms with Crippen LogP contribution in [0.1, 0.15) is 242 Å². The fourth-order valence-corrected chi connectivity index (χ4v) is 10.3. The Labute approximate surface area is 675 Å². The third-order valence-electron chi connectivity index (χ3n) is 17.0. The number of carbonyl (C=O) groups excluding carboxylic acids is 4. The Hall–Kier alpha value is -9.48. The summed E-state index contributed by atoms with van der Waals surface area (Å²) in [6.07, 6.45) is 13.2. The minimum atomic E-state index is -0.668. The van der Waals surface area contributed by atoms with Gasteiger partial charge in [-0.05, 0) is 162 Å². The van der Waals surface area contributed by atoms with Gasteiger partial charge in [0.1, 0.15) is 23.1 Å². The molecule has 0 aliphatic carbocycles. The largest absolute Gasteiger partial charge is 0.381 e. The number of Topliss-reactive ketones (excluding diaryl/α,β-unsaturated/α-hetero) is 4. The molecule has 0 aromatic heterocycles. The molecule has 0 aliphatic heterocycles. The van der Waals surface area contributed by atoms with Crippen LogP contribution in [-0.4, -0.2) is 142 Å². The second-order valence-electron chi connectivity index (χ2n) is 31.1. The molecule has 0 aliphatic rings. The first kappa shape index (κ1) is 108. The molecule has 34 nitrogen and oxygen atoms in total. The number of aryl methyl sites for hydroxylation is 4. The number of carbonyl (C=O) groups is 4. The van der Waals surface area contributed by atoms with Crippen molar-refractivity contribution in [1.82, 2.24) is 0 Å². The van der Waals surface area contributed by atoms with Gasteiger partial charge in [0.15, 0.2) is 0 Å². The summed E-state index contributed by atoms with van der Waals surface area (Å²) in [5.74, 6) is 0.209. The number of rotatable bonds is 55. The lowest BCUT2D eigenvalue weighted by molar-refractivity contribution is -0.394. The summed E-state index contributed by atoms with van der Waals surface area (Å²) >= 11 is 0. The molecule has 0 unspecified atom stereocenters. The van der Waals surface area contributed by atoms with Crippen molar-refractivity contribution in [3.05, 3.63) is 176 Å². The van der Waals surface area contributed by atoms with Crippen LogP contribution in [0.5, 0.6) is 0 Å². The molecule has 0 saturated heterocycles. The van der Waals surface area contributed by atoms with Crippen LogP contribution < -0.4 is 0 Å². The maximum absolute atomic E-state index is 11.9. The van der Waals surface area contributed by atoms with Gasteiger partial charge in [0.25, 0.3) is 45.5 Å². The molecule has 0 heterocycles. The average molecular weight is 1630 g/mol. The second kappa shape index (κ2) is 59.2. The van der Waals surface area contributed by atoms with E-state index in [-0.39, 0.29) is 132 Å². The van der Waals surface area contributed by atoms with E-state index in [4.69, 9.17) is 28.4 Å². The molecule has 0 radical (unpaired) electrons. The molecule has 0 fully saturated rings. The molecule has 4 rings (SSSR count). The molecule has 0 amide bonds. The van der Waals surface area contributed by atoms with Crippen LogP contribution in [0.4, 0.5) is 45.5 Å². The first-order valence-corrected chi connectivity index (χ1v) is 38.3. The molecule has 0 atom stereocenters. The Kier molecular flexibility index (Phi) is 55.4. The van der Waals surface area contributed by atoms with Crippen LogP contribution in [0.25, 0.3) is 0 Å². The van der Waals surface area contributed by atoms with Gasteiger partial charge in [-0.15, -0.1) is 0 Å². The van der Waals surface area contributed by atoms with Crippen LogP contribution in [0.2, 0.25) is 0 Å². The predicted octanol–water partition coefficient (Wildman–Crippen LogP) is 19.4. The van der Waals surface area contributed by atoms with Gasteiger partial charge in [-0.25, -0.2) is 0 Å². The Morgan fingerprint density at radius 2 is 0.530 bits per heavy atom. The summed E-state index contributed by atoms with van der Waals surface area (Å²) in [7, 11) is 0. The van der Waals surface area contributed by atoms with E-state index in [2.05, 4.69) is 76.2 Å². The molecule has 115 heavy (non-hydrogen) atoms. The summed E-state index contributed by atoms with van der Waals surface area (Å²) in [6, 6.07) is 14.8. The first-order valence-electron chi connectivity index (χ1n) is 38.3. The highest BCUT2D eigenvalue weighted by molar-refractivity contribution is 5.99. The van der Waals surface area contributed by atoms with E-state index in [9.17, 15) is 100 Å². The first-order chi connectivity index (χ1) is 53.1. The smallest absolute Gasteiger partial charge is 0.279 e. The summed E-state index contributed by atoms with van der Waals surface area (Å²) in [6.45, 7) is 30.0. The van der Waals surface area contributed by atoms with Crippen LogP contribution >= 0.6 is 0 Å². The van der Waals surface area contributed by atoms with Gasteiger partial charge < -0.3 is 28.4 Å². The van der Waals surface area contributed by atoms with Gasteiger partial charge in [0.2, 0.25) is 0 Å². The number of hydrogen-bond acceptors (Lipinski definition) is 26. The van der Waals surface area contributed by atoms with E-state index in [1.807, 2.05) is 0 Å². The van der Waals surface area contributed by atoms with Crippen molar-refractivity contribution in [2.45, 2.75) is 245 Å². The van der Waals surface area contributed by atoms with E-state index in [1.165, 1.54) is 48.5 Å². The molecule has 0 spiro atoms. The van der Waals surface area contributed by atoms with Gasteiger partial charge in [0.05, 0.1) is 83.1 Å². The highest BCUT2D eigenvalue weighted by atomic mass is 16.7. The second-order valence-corrected chi connectivity index (χ2v) is 31.1. The van der Waals surface area contributed by atoms with Gasteiger partial charge in [0, 0.05) is 145 Å². The lowest BCUT2D eigenvalue weighted by Gasteiger charge is -2.17. The minimum Gasteiger partial charge on any atom is -0.381 e. The quantitative estimate of drug-likeness (QED) is 0.0171. The average Bonchev–Trinajstić information content (AvgIpc) is 0.859. The van der Waals surface area contributed by atoms with E-state index in [0.717, 1.165) is 69.2 Å². The number of unbranched alkanes of at least 4 members (excludes halogenated alkanes) is 3. The molecule has 4 aromatic rings.